The van der Waals surface area contributed by atoms with Gasteiger partial charge in [-0.2, -0.15) is 9.78 Å². The maximum absolute atomic E-state index is 9.91. The second-order valence-corrected chi connectivity index (χ2v) is 7.63. The molecule has 1 aliphatic heterocycles. The van der Waals surface area contributed by atoms with Crippen molar-refractivity contribution in [1.82, 2.24) is 24.5 Å². The van der Waals surface area contributed by atoms with Crippen molar-refractivity contribution in [3.63, 3.8) is 0 Å². The quantitative estimate of drug-likeness (QED) is 0.562. The van der Waals surface area contributed by atoms with Crippen LogP contribution < -0.4 is 5.73 Å². The zero-order chi connectivity index (χ0) is 20.6. The Morgan fingerprint density at radius 2 is 1.93 bits per heavy atom. The van der Waals surface area contributed by atoms with E-state index in [1.54, 1.807) is 23.0 Å². The summed E-state index contributed by atoms with van der Waals surface area (Å²) < 4.78 is 6.97. The number of nitrogens with two attached hydrogens (primary N) is 1. The summed E-state index contributed by atoms with van der Waals surface area (Å²) in [6, 6.07) is 16.3. The third-order valence-electron chi connectivity index (χ3n) is 5.85. The molecule has 4 heterocycles. The Morgan fingerprint density at radius 1 is 1.13 bits per heavy atom. The van der Waals surface area contributed by atoms with E-state index in [-0.39, 0.29) is 5.95 Å². The van der Waals surface area contributed by atoms with E-state index >= 15 is 0 Å². The molecule has 8 nitrogen and oxygen atoms in total. The van der Waals surface area contributed by atoms with E-state index in [0.29, 0.717) is 23.8 Å². The zero-order valence-electron chi connectivity index (χ0n) is 16.4. The number of benzene rings is 1. The number of piperidine rings is 1. The summed E-state index contributed by atoms with van der Waals surface area (Å²) in [7, 11) is 0. The number of aromatic nitrogens is 4. The van der Waals surface area contributed by atoms with Gasteiger partial charge in [-0.15, -0.1) is 5.10 Å². The Balaban J connectivity index is 1.38. The molecular formula is C22H21N7O. The average Bonchev–Trinajstić information content (AvgIpc) is 3.48. The standard InChI is InChI=1S/C22H21N7O/c23-15-22(17-5-2-1-3-6-17)8-10-28(11-9-22)14-16-13-25-21(24)29-20(16)26-19(27-29)18-7-4-12-30-18/h1-7,12-13H,8-11,14H2,(H2,24,25). The average molecular weight is 399 g/mol. The smallest absolute Gasteiger partial charge is 0.223 e. The van der Waals surface area contributed by atoms with Crippen LogP contribution in [0, 0.1) is 11.3 Å². The molecule has 0 atom stereocenters. The van der Waals surface area contributed by atoms with Gasteiger partial charge in [0.1, 0.15) is 0 Å². The molecule has 1 saturated heterocycles. The minimum Gasteiger partial charge on any atom is -0.461 e. The van der Waals surface area contributed by atoms with Crippen LogP contribution in [-0.4, -0.2) is 37.6 Å². The summed E-state index contributed by atoms with van der Waals surface area (Å²) in [4.78, 5) is 11.2. The first-order valence-electron chi connectivity index (χ1n) is 9.92. The minimum atomic E-state index is -0.423. The number of fused-ring (bicyclic) bond motifs is 1. The van der Waals surface area contributed by atoms with Crippen LogP contribution in [0.25, 0.3) is 17.2 Å². The van der Waals surface area contributed by atoms with Gasteiger partial charge in [-0.3, -0.25) is 4.90 Å². The van der Waals surface area contributed by atoms with Gasteiger partial charge in [-0.1, -0.05) is 30.3 Å². The van der Waals surface area contributed by atoms with E-state index in [4.69, 9.17) is 10.2 Å². The number of likely N-dealkylation sites (tertiary alicyclic amines) is 1. The number of nitriles is 1. The number of anilines is 1. The highest BCUT2D eigenvalue weighted by Crippen LogP contribution is 2.35. The Morgan fingerprint density at radius 3 is 2.63 bits per heavy atom. The number of furan rings is 1. The monoisotopic (exact) mass is 399 g/mol. The lowest BCUT2D eigenvalue weighted by Crippen LogP contribution is -2.41. The van der Waals surface area contributed by atoms with Gasteiger partial charge in [0.15, 0.2) is 11.4 Å². The maximum atomic E-state index is 9.91. The number of hydrogen-bond acceptors (Lipinski definition) is 7. The minimum absolute atomic E-state index is 0.283. The number of nitrogens with zero attached hydrogens (tertiary/aromatic N) is 6. The molecule has 1 aromatic carbocycles. The Labute approximate surface area is 173 Å². The third-order valence-corrected chi connectivity index (χ3v) is 5.85. The first-order valence-corrected chi connectivity index (χ1v) is 9.92. The summed E-state index contributed by atoms with van der Waals surface area (Å²) in [5.74, 6) is 1.35. The summed E-state index contributed by atoms with van der Waals surface area (Å²) in [6.07, 6.45) is 4.92. The molecule has 30 heavy (non-hydrogen) atoms. The van der Waals surface area contributed by atoms with Crippen LogP contribution >= 0.6 is 0 Å². The van der Waals surface area contributed by atoms with Gasteiger partial charge in [0.25, 0.3) is 0 Å². The lowest BCUT2D eigenvalue weighted by Gasteiger charge is -2.37. The molecule has 0 unspecified atom stereocenters. The van der Waals surface area contributed by atoms with E-state index in [0.717, 1.165) is 37.1 Å². The van der Waals surface area contributed by atoms with Gasteiger partial charge in [0, 0.05) is 31.4 Å². The van der Waals surface area contributed by atoms with E-state index in [9.17, 15) is 5.26 Å². The van der Waals surface area contributed by atoms with Crippen molar-refractivity contribution in [3.8, 4) is 17.7 Å². The second-order valence-electron chi connectivity index (χ2n) is 7.63. The molecule has 0 radical (unpaired) electrons. The topological polar surface area (TPSA) is 109 Å². The Kier molecular flexibility index (Phi) is 4.45. The van der Waals surface area contributed by atoms with Gasteiger partial charge in [-0.25, -0.2) is 9.97 Å². The summed E-state index contributed by atoms with van der Waals surface area (Å²) in [6.45, 7) is 2.31. The normalized spacial score (nSPS) is 16.5. The highest BCUT2D eigenvalue weighted by Gasteiger charge is 2.36. The maximum Gasteiger partial charge on any atom is 0.223 e. The van der Waals surface area contributed by atoms with Crippen molar-refractivity contribution >= 4 is 11.6 Å². The lowest BCUT2D eigenvalue weighted by atomic mass is 9.74. The molecule has 1 aliphatic rings. The van der Waals surface area contributed by atoms with Crippen LogP contribution in [0.5, 0.6) is 0 Å². The molecule has 0 amide bonds. The van der Waals surface area contributed by atoms with Crippen LogP contribution in [0.3, 0.4) is 0 Å². The second kappa shape index (κ2) is 7.28. The molecule has 0 saturated carbocycles. The van der Waals surface area contributed by atoms with Crippen LogP contribution in [0.4, 0.5) is 5.95 Å². The summed E-state index contributed by atoms with van der Waals surface area (Å²) in [5, 5.41) is 14.4. The predicted molar refractivity (Wildman–Crippen MR) is 111 cm³/mol. The van der Waals surface area contributed by atoms with E-state index < -0.39 is 5.41 Å². The van der Waals surface area contributed by atoms with Crippen LogP contribution in [0.2, 0.25) is 0 Å². The van der Waals surface area contributed by atoms with Crippen molar-refractivity contribution < 1.29 is 4.42 Å². The predicted octanol–water partition coefficient (Wildman–Crippen LogP) is 3.02. The van der Waals surface area contributed by atoms with Crippen molar-refractivity contribution in [2.45, 2.75) is 24.8 Å². The van der Waals surface area contributed by atoms with Crippen molar-refractivity contribution in [1.29, 1.82) is 5.26 Å². The van der Waals surface area contributed by atoms with E-state index in [2.05, 4.69) is 38.2 Å². The molecule has 4 aromatic rings. The molecular weight excluding hydrogens is 378 g/mol. The molecule has 0 spiro atoms. The molecule has 0 bridgehead atoms. The molecule has 0 aliphatic carbocycles. The SMILES string of the molecule is N#CC1(c2ccccc2)CCN(Cc2cnc(N)n3nc(-c4ccco4)nc23)CC1. The summed E-state index contributed by atoms with van der Waals surface area (Å²) >= 11 is 0. The molecule has 150 valence electrons. The molecule has 5 rings (SSSR count). The third kappa shape index (κ3) is 3.09. The lowest BCUT2D eigenvalue weighted by molar-refractivity contribution is 0.179. The van der Waals surface area contributed by atoms with Crippen molar-refractivity contribution in [2.24, 2.45) is 0 Å². The fourth-order valence-corrected chi connectivity index (χ4v) is 4.11. The van der Waals surface area contributed by atoms with Crippen LogP contribution in [0.1, 0.15) is 24.0 Å². The Hall–Kier alpha value is -3.70. The highest BCUT2D eigenvalue weighted by atomic mass is 16.3. The van der Waals surface area contributed by atoms with Gasteiger partial charge >= 0.3 is 0 Å². The fourth-order valence-electron chi connectivity index (χ4n) is 4.11. The molecule has 2 N–H and O–H groups in total. The first kappa shape index (κ1) is 18.3. The van der Waals surface area contributed by atoms with Crippen molar-refractivity contribution in [2.75, 3.05) is 18.8 Å². The van der Waals surface area contributed by atoms with Crippen molar-refractivity contribution in [3.05, 3.63) is 66.1 Å². The summed E-state index contributed by atoms with van der Waals surface area (Å²) in [5.41, 5.74) is 8.31. The fraction of sp³-hybridized carbons (Fsp3) is 0.273. The number of hydrogen-bond donors (Lipinski definition) is 1. The van der Waals surface area contributed by atoms with E-state index in [1.165, 1.54) is 0 Å². The number of rotatable bonds is 4. The Bertz CT molecular complexity index is 1200. The van der Waals surface area contributed by atoms with E-state index in [1.807, 2.05) is 24.3 Å². The first-order chi connectivity index (χ1) is 14.7. The molecule has 8 heteroatoms. The molecule has 3 aromatic heterocycles. The van der Waals surface area contributed by atoms with Gasteiger partial charge in [0.05, 0.1) is 17.7 Å². The number of nitrogen functional groups attached to an aromatic ring is 1. The zero-order valence-corrected chi connectivity index (χ0v) is 16.4. The van der Waals surface area contributed by atoms with Gasteiger partial charge in [-0.05, 0) is 30.5 Å². The largest absolute Gasteiger partial charge is 0.461 e. The van der Waals surface area contributed by atoms with Gasteiger partial charge in [0.2, 0.25) is 11.8 Å². The molecule has 1 fully saturated rings. The van der Waals surface area contributed by atoms with Gasteiger partial charge < -0.3 is 10.2 Å². The van der Waals surface area contributed by atoms with Crippen LogP contribution in [0.15, 0.2) is 59.3 Å². The highest BCUT2D eigenvalue weighted by molar-refractivity contribution is 5.57. The van der Waals surface area contributed by atoms with Crippen LogP contribution in [-0.2, 0) is 12.0 Å².